The molecule has 1 unspecified atom stereocenters. The van der Waals surface area contributed by atoms with Crippen LogP contribution in [0.1, 0.15) is 25.0 Å². The summed E-state index contributed by atoms with van der Waals surface area (Å²) in [5, 5.41) is -0.109. The quantitative estimate of drug-likeness (QED) is 0.750. The van der Waals surface area contributed by atoms with Crippen LogP contribution < -0.4 is 4.90 Å². The molecule has 0 saturated carbocycles. The Bertz CT molecular complexity index is 991. The van der Waals surface area contributed by atoms with Crippen LogP contribution in [0.5, 0.6) is 0 Å². The molecule has 1 amide bonds. The first-order chi connectivity index (χ1) is 13.5. The van der Waals surface area contributed by atoms with E-state index < -0.39 is 10.0 Å². The lowest BCUT2D eigenvalue weighted by Gasteiger charge is -2.22. The number of carbonyl (C=O) groups excluding carboxylic acids is 1. The fraction of sp³-hybridized carbons (Fsp3) is 0.381. The van der Waals surface area contributed by atoms with E-state index in [1.807, 2.05) is 30.9 Å². The highest BCUT2D eigenvalue weighted by molar-refractivity contribution is 8.01. The van der Waals surface area contributed by atoms with E-state index in [-0.39, 0.29) is 11.2 Å². The van der Waals surface area contributed by atoms with Gasteiger partial charge in [0.1, 0.15) is 0 Å². The number of hydrogen-bond acceptors (Lipinski definition) is 4. The molecule has 0 aromatic heterocycles. The van der Waals surface area contributed by atoms with Crippen molar-refractivity contribution < 1.29 is 13.2 Å². The number of thioether (sulfide) groups is 1. The molecule has 1 atom stereocenters. The molecular weight excluding hydrogens is 392 g/mol. The lowest BCUT2D eigenvalue weighted by Crippen LogP contribution is -2.36. The van der Waals surface area contributed by atoms with Crippen LogP contribution in [0.15, 0.2) is 52.3 Å². The number of rotatable bonds is 5. The standard InChI is InChI=1S/C21H24N2O3S2/c1-3-22(4-2)28(25,26)17-9-10-18-15(13-17)11-12-23(18)21(24)20-14-16-7-5-6-8-19(16)27-20/h5-10,13,20H,3-4,11-12,14H2,1-2H3. The molecule has 2 aliphatic rings. The van der Waals surface area contributed by atoms with Crippen molar-refractivity contribution in [3.63, 3.8) is 0 Å². The zero-order valence-electron chi connectivity index (χ0n) is 16.1. The maximum Gasteiger partial charge on any atom is 0.243 e. The van der Waals surface area contributed by atoms with Crippen molar-refractivity contribution in [2.45, 2.75) is 41.7 Å². The van der Waals surface area contributed by atoms with Gasteiger partial charge in [-0.2, -0.15) is 4.31 Å². The topological polar surface area (TPSA) is 57.7 Å². The van der Waals surface area contributed by atoms with Crippen molar-refractivity contribution >= 4 is 33.4 Å². The smallest absolute Gasteiger partial charge is 0.243 e. The van der Waals surface area contributed by atoms with Crippen LogP contribution >= 0.6 is 11.8 Å². The predicted molar refractivity (Wildman–Crippen MR) is 112 cm³/mol. The van der Waals surface area contributed by atoms with Crippen LogP contribution in [0.25, 0.3) is 0 Å². The Balaban J connectivity index is 1.57. The largest absolute Gasteiger partial charge is 0.311 e. The van der Waals surface area contributed by atoms with Crippen LogP contribution in [0, 0.1) is 0 Å². The molecule has 4 rings (SSSR count). The molecular formula is C21H24N2O3S2. The summed E-state index contributed by atoms with van der Waals surface area (Å²) in [4.78, 5) is 16.5. The van der Waals surface area contributed by atoms with E-state index in [2.05, 4.69) is 12.1 Å². The van der Waals surface area contributed by atoms with Crippen LogP contribution in [0.3, 0.4) is 0 Å². The molecule has 5 nitrogen and oxygen atoms in total. The van der Waals surface area contributed by atoms with Crippen molar-refractivity contribution in [2.24, 2.45) is 0 Å². The van der Waals surface area contributed by atoms with Gasteiger partial charge >= 0.3 is 0 Å². The Kier molecular flexibility index (Phi) is 5.24. The Morgan fingerprint density at radius 3 is 2.61 bits per heavy atom. The number of nitrogens with zero attached hydrogens (tertiary/aromatic N) is 2. The molecule has 2 aromatic carbocycles. The average Bonchev–Trinajstić information content (AvgIpc) is 3.31. The minimum Gasteiger partial charge on any atom is -0.311 e. The highest BCUT2D eigenvalue weighted by Gasteiger charge is 2.35. The molecule has 0 radical (unpaired) electrons. The highest BCUT2D eigenvalue weighted by Crippen LogP contribution is 2.40. The Morgan fingerprint density at radius 2 is 1.89 bits per heavy atom. The molecule has 148 valence electrons. The summed E-state index contributed by atoms with van der Waals surface area (Å²) in [5.74, 6) is 0.110. The summed E-state index contributed by atoms with van der Waals surface area (Å²) in [6.45, 7) is 5.18. The van der Waals surface area contributed by atoms with E-state index >= 15 is 0 Å². The van der Waals surface area contributed by atoms with Gasteiger partial charge in [0.2, 0.25) is 15.9 Å². The molecule has 2 aliphatic heterocycles. The number of benzene rings is 2. The summed E-state index contributed by atoms with van der Waals surface area (Å²) >= 11 is 1.63. The number of hydrogen-bond donors (Lipinski definition) is 0. The van der Waals surface area contributed by atoms with Gasteiger partial charge in [0, 0.05) is 30.2 Å². The predicted octanol–water partition coefficient (Wildman–Crippen LogP) is 3.32. The van der Waals surface area contributed by atoms with Gasteiger partial charge in [0.05, 0.1) is 10.1 Å². The van der Waals surface area contributed by atoms with Crippen LogP contribution in [0.4, 0.5) is 5.69 Å². The van der Waals surface area contributed by atoms with Crippen molar-refractivity contribution in [3.8, 4) is 0 Å². The molecule has 0 saturated heterocycles. The van der Waals surface area contributed by atoms with Gasteiger partial charge < -0.3 is 4.90 Å². The van der Waals surface area contributed by atoms with Crippen LogP contribution in [0.2, 0.25) is 0 Å². The number of carbonyl (C=O) groups is 1. The molecule has 2 aromatic rings. The van der Waals surface area contributed by atoms with E-state index in [9.17, 15) is 13.2 Å². The molecule has 0 aliphatic carbocycles. The van der Waals surface area contributed by atoms with Crippen molar-refractivity contribution in [1.29, 1.82) is 0 Å². The maximum atomic E-state index is 13.1. The van der Waals surface area contributed by atoms with Gasteiger partial charge in [-0.1, -0.05) is 32.0 Å². The van der Waals surface area contributed by atoms with Gasteiger partial charge in [0.25, 0.3) is 0 Å². The third-order valence-corrected chi connectivity index (χ3v) is 8.83. The summed E-state index contributed by atoms with van der Waals surface area (Å²) in [6.07, 6.45) is 1.44. The monoisotopic (exact) mass is 416 g/mol. The second-order valence-electron chi connectivity index (χ2n) is 7.04. The number of sulfonamides is 1. The van der Waals surface area contributed by atoms with Crippen molar-refractivity contribution in [2.75, 3.05) is 24.5 Å². The van der Waals surface area contributed by atoms with E-state index in [0.717, 1.165) is 17.7 Å². The second kappa shape index (κ2) is 7.54. The van der Waals surface area contributed by atoms with E-state index in [1.54, 1.807) is 30.0 Å². The third-order valence-electron chi connectivity index (χ3n) is 5.48. The van der Waals surface area contributed by atoms with E-state index in [0.29, 0.717) is 31.0 Å². The van der Waals surface area contributed by atoms with Crippen LogP contribution in [-0.4, -0.2) is 43.5 Å². The van der Waals surface area contributed by atoms with E-state index in [4.69, 9.17) is 0 Å². The van der Waals surface area contributed by atoms with Gasteiger partial charge in [-0.3, -0.25) is 4.79 Å². The summed E-state index contributed by atoms with van der Waals surface area (Å²) in [6, 6.07) is 13.3. The average molecular weight is 417 g/mol. The van der Waals surface area contributed by atoms with Gasteiger partial charge in [0.15, 0.2) is 0 Å². The molecule has 0 spiro atoms. The number of anilines is 1. The lowest BCUT2D eigenvalue weighted by molar-refractivity contribution is -0.117. The Hall–Kier alpha value is -1.83. The third kappa shape index (κ3) is 3.25. The van der Waals surface area contributed by atoms with Crippen molar-refractivity contribution in [1.82, 2.24) is 4.31 Å². The first-order valence-corrected chi connectivity index (χ1v) is 12.0. The zero-order chi connectivity index (χ0) is 19.9. The second-order valence-corrected chi connectivity index (χ2v) is 10.2. The minimum atomic E-state index is -3.49. The number of fused-ring (bicyclic) bond motifs is 2. The summed E-state index contributed by atoms with van der Waals surface area (Å²) in [7, 11) is -3.49. The van der Waals surface area contributed by atoms with Gasteiger partial charge in [-0.05, 0) is 48.2 Å². The van der Waals surface area contributed by atoms with Gasteiger partial charge in [-0.25, -0.2) is 8.42 Å². The first kappa shape index (κ1) is 19.5. The lowest BCUT2D eigenvalue weighted by atomic mass is 10.1. The SMILES string of the molecule is CCN(CC)S(=O)(=O)c1ccc2c(c1)CCN2C(=O)C1Cc2ccccc2S1. The molecule has 7 heteroatoms. The summed E-state index contributed by atoms with van der Waals surface area (Å²) < 4.78 is 27.0. The molecule has 28 heavy (non-hydrogen) atoms. The summed E-state index contributed by atoms with van der Waals surface area (Å²) in [5.41, 5.74) is 3.01. The molecule has 0 bridgehead atoms. The first-order valence-electron chi connectivity index (χ1n) is 9.64. The van der Waals surface area contributed by atoms with Gasteiger partial charge in [-0.15, -0.1) is 11.8 Å². The van der Waals surface area contributed by atoms with Crippen molar-refractivity contribution in [3.05, 3.63) is 53.6 Å². The Morgan fingerprint density at radius 1 is 1.14 bits per heavy atom. The van der Waals surface area contributed by atoms with Crippen LogP contribution in [-0.2, 0) is 27.7 Å². The highest BCUT2D eigenvalue weighted by atomic mass is 32.2. The molecule has 2 heterocycles. The molecule has 0 N–H and O–H groups in total. The fourth-order valence-corrected chi connectivity index (χ4v) is 6.74. The molecule has 0 fully saturated rings. The minimum absolute atomic E-state index is 0.109. The number of amides is 1. The maximum absolute atomic E-state index is 13.1. The Labute approximate surface area is 170 Å². The zero-order valence-corrected chi connectivity index (χ0v) is 17.7. The fourth-order valence-electron chi connectivity index (χ4n) is 3.97. The normalized spacial score (nSPS) is 18.4. The van der Waals surface area contributed by atoms with E-state index in [1.165, 1.54) is 14.8 Å².